The Kier molecular flexibility index (Phi) is 22.5. The van der Waals surface area contributed by atoms with Crippen molar-refractivity contribution in [3.05, 3.63) is 77.9 Å². The molecule has 38 atom stereocenters. The number of aliphatic carboxylic acids is 1. The van der Waals surface area contributed by atoms with Crippen LogP contribution in [0.25, 0.3) is 6.08 Å². The van der Waals surface area contributed by atoms with Crippen LogP contribution in [0.1, 0.15) is 130 Å². The summed E-state index contributed by atoms with van der Waals surface area (Å²) in [4.78, 5) is 42.4. The summed E-state index contributed by atoms with van der Waals surface area (Å²) < 4.78 is 76.4. The molecular weight excluding hydrogens is 1410 g/mol. The topological polar surface area (TPSA) is 486 Å². The van der Waals surface area contributed by atoms with Gasteiger partial charge in [0.2, 0.25) is 0 Å². The standard InChI is InChI=1S/C76H108O31/c1-32-44(81)48(85)52(89)65(96-32)103-58-50(87)45(82)33(2)97-67(58)104-59-51(88)47(84)38(31-78)99-68(59)102-56-54(91)57(63(92)93)101-55(60(56)105-66-53(90)49(86)46(83)37(30-77)98-66)36-22-25-72(7)39(71(36,5)6)23-26-73(8)40(72)24-27-75-41-28-70(3,4)61(106-64(94)35-18-14-11-15-19-35)62(100-43(80)21-20-34-16-12-10-13-17-34)76(41,69(95)107-75)42(79)29-74(73,75)9/h10-21,32-33,36-42,44-62,65-69,77-79,81-91,95H,22-31H2,1-9H3,(H,92,93)/b21-20+/t32-,33-,36+,37+,38+,39-,40+,41-,42+,44-,45-,46-,47-,48+,49-,50+,51-,52+,53+,54-,55-,56-,57-,58+,59+,60-,61-,62-,65-,66-,67-,68-,69-,72-,73+,74-,75-,76+/m0/s1. The molecule has 0 amide bonds. The summed E-state index contributed by atoms with van der Waals surface area (Å²) in [6.07, 6.45) is -47.2. The van der Waals surface area contributed by atoms with Crippen LogP contribution in [0.4, 0.5) is 0 Å². The van der Waals surface area contributed by atoms with E-state index in [0.717, 1.165) is 0 Å². The molecule has 5 saturated carbocycles. The molecule has 1 spiro atoms. The first-order valence-corrected chi connectivity index (χ1v) is 37.4. The zero-order valence-electron chi connectivity index (χ0n) is 61.3. The zero-order valence-corrected chi connectivity index (χ0v) is 61.3. The van der Waals surface area contributed by atoms with E-state index >= 15 is 0 Å². The molecule has 2 aromatic carbocycles. The Morgan fingerprint density at radius 2 is 1.04 bits per heavy atom. The van der Waals surface area contributed by atoms with Gasteiger partial charge in [0.05, 0.1) is 54.2 Å². The van der Waals surface area contributed by atoms with Gasteiger partial charge in [-0.05, 0) is 123 Å². The third-order valence-corrected chi connectivity index (χ3v) is 27.9. The Labute approximate surface area is 619 Å². The molecule has 0 radical (unpaired) electrons. The van der Waals surface area contributed by atoms with Crippen LogP contribution in [0.5, 0.6) is 0 Å². The molecule has 0 aromatic heterocycles. The number of ether oxygens (including phenoxy) is 12. The molecule has 31 heteroatoms. The lowest BCUT2D eigenvalue weighted by atomic mass is 9.30. The second-order valence-corrected chi connectivity index (χ2v) is 34.1. The van der Waals surface area contributed by atoms with Crippen LogP contribution in [0.15, 0.2) is 66.7 Å². The summed E-state index contributed by atoms with van der Waals surface area (Å²) in [5.74, 6) is -5.13. The second kappa shape index (κ2) is 29.8. The van der Waals surface area contributed by atoms with Crippen LogP contribution >= 0.6 is 0 Å². The highest BCUT2D eigenvalue weighted by Crippen LogP contribution is 2.82. The van der Waals surface area contributed by atoms with Gasteiger partial charge in [-0.2, -0.15) is 0 Å². The van der Waals surface area contributed by atoms with Crippen LogP contribution in [0, 0.1) is 56.2 Å². The summed E-state index contributed by atoms with van der Waals surface area (Å²) in [7, 11) is 0. The van der Waals surface area contributed by atoms with Crippen molar-refractivity contribution in [3.8, 4) is 0 Å². The molecular formula is C76H108O31. The molecule has 0 unspecified atom stereocenters. The number of carboxylic acids is 1. The van der Waals surface area contributed by atoms with E-state index < -0.39 is 259 Å². The Bertz CT molecular complexity index is 3500. The number of benzene rings is 2. The smallest absolute Gasteiger partial charge is 0.338 e. The van der Waals surface area contributed by atoms with E-state index in [4.69, 9.17) is 56.8 Å². The average molecular weight is 1520 g/mol. The molecule has 598 valence electrons. The van der Waals surface area contributed by atoms with Crippen molar-refractivity contribution in [2.24, 2.45) is 56.2 Å². The number of esters is 2. The number of carbonyl (C=O) groups excluding carboxylic acids is 2. The number of aliphatic hydroxyl groups is 15. The first-order valence-electron chi connectivity index (χ1n) is 37.4. The highest BCUT2D eigenvalue weighted by molar-refractivity contribution is 5.90. The van der Waals surface area contributed by atoms with Gasteiger partial charge in [-0.3, -0.25) is 0 Å². The lowest BCUT2D eigenvalue weighted by molar-refractivity contribution is -0.403. The minimum absolute atomic E-state index is 0.0642. The van der Waals surface area contributed by atoms with Crippen LogP contribution in [-0.2, 0) is 66.4 Å². The third kappa shape index (κ3) is 13.1. The van der Waals surface area contributed by atoms with E-state index in [1.807, 2.05) is 58.0 Å². The fourth-order valence-corrected chi connectivity index (χ4v) is 22.1. The molecule has 6 saturated heterocycles. The quantitative estimate of drug-likeness (QED) is 0.0687. The molecule has 6 aliphatic heterocycles. The molecule has 6 heterocycles. The number of rotatable bonds is 17. The fraction of sp³-hybridized carbons (Fsp3) is 0.776. The van der Waals surface area contributed by atoms with Gasteiger partial charge in [-0.25, -0.2) is 14.4 Å². The largest absolute Gasteiger partial charge is 0.479 e. The number of hydrogen-bond donors (Lipinski definition) is 16. The van der Waals surface area contributed by atoms with Crippen LogP contribution in [0.2, 0.25) is 0 Å². The number of carboxylic acid groups (broad SMARTS) is 1. The third-order valence-electron chi connectivity index (χ3n) is 27.9. The predicted molar refractivity (Wildman–Crippen MR) is 364 cm³/mol. The number of hydrogen-bond acceptors (Lipinski definition) is 30. The molecule has 107 heavy (non-hydrogen) atoms. The SMILES string of the molecule is C[C@@H]1O[C@@H](O[C@H]2[C@H](O[C@H]3[C@H](O[C@H]4[C@H](O)[C@@H](C(=O)O)O[C@@H]([C@H]5CC[C@]6(C)[C@H]7CC[C@@]89O[C@H](O)[C@@]%10([C@H](O)C[C@@]8(C)[C@]7(C)CC[C@H]6C5(C)C)[C@H]9CC(C)(C)[C@@H](OC(=O)c5ccccc5)[C@@H]%10OC(=O)/C=C/c5ccccc5)[C@@H]4O[C@@H]4O[C@H](CO)[C@H](O)[C@H](O)[C@H]4O)O[C@H](CO)[C@H](O)[C@@H]3O)O[C@@H](C)[C@H](O)[C@H]2O)[C@H](O)[C@H](O)[C@H]1O. The van der Waals surface area contributed by atoms with E-state index in [2.05, 4.69) is 20.8 Å². The normalized spacial score (nSPS) is 50.7. The minimum Gasteiger partial charge on any atom is -0.479 e. The highest BCUT2D eigenvalue weighted by atomic mass is 16.8. The monoisotopic (exact) mass is 1520 g/mol. The van der Waals surface area contributed by atoms with E-state index in [1.54, 1.807) is 36.4 Å². The van der Waals surface area contributed by atoms with Crippen molar-refractivity contribution in [1.82, 2.24) is 0 Å². The van der Waals surface area contributed by atoms with E-state index in [9.17, 15) is 96.1 Å². The highest BCUT2D eigenvalue weighted by Gasteiger charge is 2.86. The summed E-state index contributed by atoms with van der Waals surface area (Å²) in [5, 5.41) is 184. The maximum atomic E-state index is 14.4. The van der Waals surface area contributed by atoms with Gasteiger partial charge in [0.1, 0.15) is 110 Å². The Morgan fingerprint density at radius 1 is 0.514 bits per heavy atom. The number of aliphatic hydroxyl groups excluding tert-OH is 15. The van der Waals surface area contributed by atoms with Gasteiger partial charge in [0.25, 0.3) is 0 Å². The first kappa shape index (κ1) is 80.6. The molecule has 16 N–H and O–H groups in total. The van der Waals surface area contributed by atoms with Crippen molar-refractivity contribution in [3.63, 3.8) is 0 Å². The average Bonchev–Trinajstić information content (AvgIpc) is 1.53. The summed E-state index contributed by atoms with van der Waals surface area (Å²) in [6, 6.07) is 17.5. The van der Waals surface area contributed by atoms with E-state index in [-0.39, 0.29) is 36.7 Å². The second-order valence-electron chi connectivity index (χ2n) is 34.1. The van der Waals surface area contributed by atoms with Gasteiger partial charge in [0, 0.05) is 22.8 Å². The fourth-order valence-electron chi connectivity index (χ4n) is 22.1. The summed E-state index contributed by atoms with van der Waals surface area (Å²) in [5.41, 5.74) is -6.10. The van der Waals surface area contributed by atoms with Crippen LogP contribution < -0.4 is 0 Å². The Morgan fingerprint density at radius 3 is 1.66 bits per heavy atom. The predicted octanol–water partition coefficient (Wildman–Crippen LogP) is -0.716. The van der Waals surface area contributed by atoms with Gasteiger partial charge < -0.3 is 139 Å². The molecule has 2 aromatic rings. The van der Waals surface area contributed by atoms with Crippen molar-refractivity contribution < 1.29 is 153 Å². The van der Waals surface area contributed by atoms with Gasteiger partial charge in [0.15, 0.2) is 43.7 Å². The maximum Gasteiger partial charge on any atom is 0.338 e. The van der Waals surface area contributed by atoms with Gasteiger partial charge >= 0.3 is 17.9 Å². The van der Waals surface area contributed by atoms with Crippen molar-refractivity contribution in [2.75, 3.05) is 13.2 Å². The summed E-state index contributed by atoms with van der Waals surface area (Å²) in [6.45, 7) is 15.2. The maximum absolute atomic E-state index is 14.4. The molecule has 11 aliphatic rings. The number of carbonyl (C=O) groups is 3. The zero-order chi connectivity index (χ0) is 77.5. The van der Waals surface area contributed by atoms with E-state index in [1.165, 1.54) is 19.9 Å². The lowest BCUT2D eigenvalue weighted by Gasteiger charge is -2.75. The molecule has 13 rings (SSSR count). The minimum atomic E-state index is -2.32. The van der Waals surface area contributed by atoms with Crippen molar-refractivity contribution in [1.29, 1.82) is 0 Å². The first-order chi connectivity index (χ1) is 50.4. The van der Waals surface area contributed by atoms with Gasteiger partial charge in [-0.1, -0.05) is 97.0 Å². The molecule has 5 aliphatic carbocycles. The van der Waals surface area contributed by atoms with Crippen molar-refractivity contribution >= 4 is 24.0 Å². The lowest BCUT2D eigenvalue weighted by Crippen LogP contribution is -2.77. The molecule has 31 nitrogen and oxygen atoms in total. The number of fused-ring (bicyclic) bond motifs is 4. The Balaban J connectivity index is 0.834. The van der Waals surface area contributed by atoms with Crippen LogP contribution in [0.3, 0.4) is 0 Å². The van der Waals surface area contributed by atoms with Crippen molar-refractivity contribution in [2.45, 2.75) is 297 Å². The van der Waals surface area contributed by atoms with Crippen LogP contribution in [-0.4, -0.2) is 296 Å². The molecule has 2 bridgehead atoms. The molecule has 11 fully saturated rings. The Hall–Kier alpha value is -4.41. The van der Waals surface area contributed by atoms with E-state index in [0.29, 0.717) is 37.7 Å². The summed E-state index contributed by atoms with van der Waals surface area (Å²) >= 11 is 0. The van der Waals surface area contributed by atoms with Gasteiger partial charge in [-0.15, -0.1) is 0 Å².